The van der Waals surface area contributed by atoms with Crippen molar-refractivity contribution in [1.82, 2.24) is 0 Å². The Hall–Kier alpha value is 0.290. The number of hydrogen-bond donors (Lipinski definition) is 0. The quantitative estimate of drug-likeness (QED) is 0.404. The molecule has 0 aliphatic carbocycles. The van der Waals surface area contributed by atoms with Gasteiger partial charge in [0, 0.05) is 4.87 Å². The van der Waals surface area contributed by atoms with Crippen molar-refractivity contribution in [3.8, 4) is 0 Å². The maximum atomic E-state index is 6.88. The van der Waals surface area contributed by atoms with Gasteiger partial charge < -0.3 is 0 Å². The first-order valence-electron chi connectivity index (χ1n) is 7.29. The monoisotopic (exact) mass is 246 g/mol. The first-order valence-corrected chi connectivity index (χ1v) is 7.67. The van der Waals surface area contributed by atoms with Gasteiger partial charge in [-0.25, -0.2) is 0 Å². The second kappa shape index (κ2) is 9.33. The second-order valence-electron chi connectivity index (χ2n) is 5.29. The SMILES string of the molecule is CCCCC(C)C(Cl)(CCCC)CCCC. The van der Waals surface area contributed by atoms with E-state index < -0.39 is 0 Å². The Balaban J connectivity index is 4.24. The van der Waals surface area contributed by atoms with Crippen LogP contribution in [0.3, 0.4) is 0 Å². The van der Waals surface area contributed by atoms with E-state index in [-0.39, 0.29) is 4.87 Å². The molecule has 0 aromatic rings. The van der Waals surface area contributed by atoms with E-state index in [0.29, 0.717) is 5.92 Å². The highest BCUT2D eigenvalue weighted by molar-refractivity contribution is 6.24. The predicted octanol–water partition coefficient (Wildman–Crippen LogP) is 6.17. The molecule has 0 bridgehead atoms. The van der Waals surface area contributed by atoms with Crippen molar-refractivity contribution in [3.63, 3.8) is 0 Å². The van der Waals surface area contributed by atoms with Crippen LogP contribution in [-0.4, -0.2) is 4.87 Å². The Bertz CT molecular complexity index is 146. The molecule has 0 aliphatic heterocycles. The maximum absolute atomic E-state index is 6.88. The van der Waals surface area contributed by atoms with E-state index in [4.69, 9.17) is 11.6 Å². The number of unbranched alkanes of at least 4 members (excludes halogenated alkanes) is 3. The molecule has 1 atom stereocenters. The average molecular weight is 247 g/mol. The minimum Gasteiger partial charge on any atom is -0.119 e. The molecule has 0 aromatic heterocycles. The highest BCUT2D eigenvalue weighted by Crippen LogP contribution is 2.38. The molecular weight excluding hydrogens is 216 g/mol. The summed E-state index contributed by atoms with van der Waals surface area (Å²) in [6.07, 6.45) is 11.4. The van der Waals surface area contributed by atoms with E-state index in [1.165, 1.54) is 57.8 Å². The van der Waals surface area contributed by atoms with Gasteiger partial charge in [-0.05, 0) is 25.2 Å². The molecule has 0 radical (unpaired) electrons. The number of rotatable bonds is 10. The lowest BCUT2D eigenvalue weighted by Gasteiger charge is -2.34. The van der Waals surface area contributed by atoms with Crippen LogP contribution in [-0.2, 0) is 0 Å². The Morgan fingerprint density at radius 2 is 1.31 bits per heavy atom. The summed E-state index contributed by atoms with van der Waals surface area (Å²) in [4.78, 5) is 0.0845. The number of halogens is 1. The van der Waals surface area contributed by atoms with Crippen molar-refractivity contribution in [2.24, 2.45) is 5.92 Å². The van der Waals surface area contributed by atoms with Gasteiger partial charge in [0.15, 0.2) is 0 Å². The number of alkyl halides is 1. The van der Waals surface area contributed by atoms with Gasteiger partial charge in [-0.15, -0.1) is 11.6 Å². The van der Waals surface area contributed by atoms with Crippen LogP contribution in [0.15, 0.2) is 0 Å². The third-order valence-corrected chi connectivity index (χ3v) is 4.52. The summed E-state index contributed by atoms with van der Waals surface area (Å²) in [7, 11) is 0. The first-order chi connectivity index (χ1) is 7.60. The maximum Gasteiger partial charge on any atom is 0.0472 e. The lowest BCUT2D eigenvalue weighted by atomic mass is 9.81. The van der Waals surface area contributed by atoms with Gasteiger partial charge in [-0.3, -0.25) is 0 Å². The largest absolute Gasteiger partial charge is 0.119 e. The molecule has 0 rings (SSSR count). The summed E-state index contributed by atoms with van der Waals surface area (Å²) in [6.45, 7) is 9.14. The van der Waals surface area contributed by atoms with E-state index in [1.54, 1.807) is 0 Å². The normalized spacial score (nSPS) is 14.1. The molecule has 0 nitrogen and oxygen atoms in total. The Kier molecular flexibility index (Phi) is 9.50. The minimum atomic E-state index is 0.0845. The Labute approximate surface area is 108 Å². The fraction of sp³-hybridized carbons (Fsp3) is 1.00. The van der Waals surface area contributed by atoms with E-state index in [2.05, 4.69) is 27.7 Å². The number of hydrogen-bond acceptors (Lipinski definition) is 0. The molecule has 0 saturated carbocycles. The molecule has 0 amide bonds. The van der Waals surface area contributed by atoms with Crippen molar-refractivity contribution < 1.29 is 0 Å². The standard InChI is InChI=1S/C15H31Cl/c1-5-8-11-14(4)15(16,12-9-6-2)13-10-7-3/h14H,5-13H2,1-4H3. The molecule has 0 N–H and O–H groups in total. The van der Waals surface area contributed by atoms with E-state index in [0.717, 1.165) is 0 Å². The van der Waals surface area contributed by atoms with Gasteiger partial charge in [-0.1, -0.05) is 66.2 Å². The zero-order valence-corrected chi connectivity index (χ0v) is 12.6. The summed E-state index contributed by atoms with van der Waals surface area (Å²) in [6, 6.07) is 0. The van der Waals surface area contributed by atoms with Crippen molar-refractivity contribution in [1.29, 1.82) is 0 Å². The molecule has 0 aromatic carbocycles. The summed E-state index contributed by atoms with van der Waals surface area (Å²) in [5.41, 5.74) is 0. The van der Waals surface area contributed by atoms with Crippen LogP contribution in [0, 0.1) is 5.92 Å². The lowest BCUT2D eigenvalue weighted by Crippen LogP contribution is -2.30. The highest BCUT2D eigenvalue weighted by atomic mass is 35.5. The highest BCUT2D eigenvalue weighted by Gasteiger charge is 2.31. The van der Waals surface area contributed by atoms with Crippen LogP contribution < -0.4 is 0 Å². The van der Waals surface area contributed by atoms with E-state index >= 15 is 0 Å². The van der Waals surface area contributed by atoms with Gasteiger partial charge in [0.25, 0.3) is 0 Å². The third kappa shape index (κ3) is 6.13. The molecule has 0 fully saturated rings. The average Bonchev–Trinajstić information content (AvgIpc) is 2.30. The van der Waals surface area contributed by atoms with Crippen molar-refractivity contribution in [2.75, 3.05) is 0 Å². The molecule has 98 valence electrons. The summed E-state index contributed by atoms with van der Waals surface area (Å²) < 4.78 is 0. The zero-order valence-electron chi connectivity index (χ0n) is 11.8. The topological polar surface area (TPSA) is 0 Å². The van der Waals surface area contributed by atoms with Crippen molar-refractivity contribution in [3.05, 3.63) is 0 Å². The fourth-order valence-corrected chi connectivity index (χ4v) is 2.70. The summed E-state index contributed by atoms with van der Waals surface area (Å²) >= 11 is 6.88. The summed E-state index contributed by atoms with van der Waals surface area (Å²) in [5.74, 6) is 0.673. The zero-order chi connectivity index (χ0) is 12.4. The first kappa shape index (κ1) is 16.3. The van der Waals surface area contributed by atoms with Crippen LogP contribution in [0.4, 0.5) is 0 Å². The van der Waals surface area contributed by atoms with Crippen molar-refractivity contribution in [2.45, 2.75) is 90.4 Å². The van der Waals surface area contributed by atoms with E-state index in [9.17, 15) is 0 Å². The molecule has 0 spiro atoms. The molecule has 0 aliphatic rings. The van der Waals surface area contributed by atoms with Crippen LogP contribution in [0.25, 0.3) is 0 Å². The van der Waals surface area contributed by atoms with Crippen LogP contribution in [0.2, 0.25) is 0 Å². The van der Waals surface area contributed by atoms with Gasteiger partial charge in [0.1, 0.15) is 0 Å². The van der Waals surface area contributed by atoms with Gasteiger partial charge in [-0.2, -0.15) is 0 Å². The Morgan fingerprint density at radius 3 is 1.69 bits per heavy atom. The van der Waals surface area contributed by atoms with Crippen LogP contribution in [0.5, 0.6) is 0 Å². The minimum absolute atomic E-state index is 0.0845. The third-order valence-electron chi connectivity index (χ3n) is 3.77. The molecular formula is C15H31Cl. The summed E-state index contributed by atoms with van der Waals surface area (Å²) in [5, 5.41) is 0. The smallest absolute Gasteiger partial charge is 0.0472 e. The second-order valence-corrected chi connectivity index (χ2v) is 6.04. The van der Waals surface area contributed by atoms with Gasteiger partial charge in [0.2, 0.25) is 0 Å². The van der Waals surface area contributed by atoms with Crippen molar-refractivity contribution >= 4 is 11.6 Å². The van der Waals surface area contributed by atoms with Gasteiger partial charge >= 0.3 is 0 Å². The molecule has 1 unspecified atom stereocenters. The molecule has 0 heterocycles. The predicted molar refractivity (Wildman–Crippen MR) is 76.3 cm³/mol. The molecule has 16 heavy (non-hydrogen) atoms. The van der Waals surface area contributed by atoms with Crippen LogP contribution >= 0.6 is 11.6 Å². The van der Waals surface area contributed by atoms with E-state index in [1.807, 2.05) is 0 Å². The molecule has 0 saturated heterocycles. The van der Waals surface area contributed by atoms with Crippen LogP contribution in [0.1, 0.15) is 85.5 Å². The van der Waals surface area contributed by atoms with Gasteiger partial charge in [0.05, 0.1) is 0 Å². The molecule has 1 heteroatoms. The lowest BCUT2D eigenvalue weighted by molar-refractivity contribution is 0.312. The Morgan fingerprint density at radius 1 is 0.875 bits per heavy atom. The fourth-order valence-electron chi connectivity index (χ4n) is 2.33.